The minimum Gasteiger partial charge on any atom is -0.0882 e. The van der Waals surface area contributed by atoms with E-state index in [2.05, 4.69) is 25.2 Å². The van der Waals surface area contributed by atoms with E-state index in [1.807, 2.05) is 0 Å². The van der Waals surface area contributed by atoms with Crippen LogP contribution in [0.2, 0.25) is 0 Å². The lowest BCUT2D eigenvalue weighted by atomic mass is 10.0. The van der Waals surface area contributed by atoms with Crippen LogP contribution < -0.4 is 0 Å². The van der Waals surface area contributed by atoms with Crippen molar-refractivity contribution in [3.05, 3.63) is 23.8 Å². The molecule has 0 nitrogen and oxygen atoms in total. The number of allylic oxidation sites excluding steroid dienone is 4. The average molecular weight is 234 g/mol. The fourth-order valence-electron chi connectivity index (χ4n) is 2.46. The molecule has 1 aliphatic carbocycles. The summed E-state index contributed by atoms with van der Waals surface area (Å²) in [6, 6.07) is 0. The van der Waals surface area contributed by atoms with Gasteiger partial charge in [-0.05, 0) is 39.0 Å². The van der Waals surface area contributed by atoms with E-state index in [0.717, 1.165) is 0 Å². The third kappa shape index (κ3) is 9.21. The van der Waals surface area contributed by atoms with Crippen molar-refractivity contribution in [3.8, 4) is 0 Å². The van der Waals surface area contributed by atoms with Crippen LogP contribution in [0.15, 0.2) is 23.8 Å². The zero-order valence-electron chi connectivity index (χ0n) is 11.7. The minimum absolute atomic E-state index is 1.17. The van der Waals surface area contributed by atoms with Gasteiger partial charge in [-0.15, -0.1) is 0 Å². The van der Waals surface area contributed by atoms with E-state index in [4.69, 9.17) is 0 Å². The lowest BCUT2D eigenvalue weighted by Crippen LogP contribution is -1.83. The largest absolute Gasteiger partial charge is 0.0882 e. The van der Waals surface area contributed by atoms with Gasteiger partial charge in [-0.3, -0.25) is 0 Å². The van der Waals surface area contributed by atoms with Gasteiger partial charge in [-0.25, -0.2) is 0 Å². The van der Waals surface area contributed by atoms with E-state index in [0.29, 0.717) is 0 Å². The molecule has 0 unspecified atom stereocenters. The summed E-state index contributed by atoms with van der Waals surface area (Å²) in [5.41, 5.74) is 1.55. The molecule has 0 radical (unpaired) electrons. The molecule has 0 N–H and O–H groups in total. The second-order valence-electron chi connectivity index (χ2n) is 5.49. The molecule has 0 saturated carbocycles. The third-order valence-electron chi connectivity index (χ3n) is 3.67. The lowest BCUT2D eigenvalue weighted by Gasteiger charge is -2.03. The van der Waals surface area contributed by atoms with Crippen molar-refractivity contribution in [2.24, 2.45) is 0 Å². The second kappa shape index (κ2) is 10.6. The molecule has 0 fully saturated rings. The molecule has 17 heavy (non-hydrogen) atoms. The molecular formula is C17H30. The molecule has 1 aliphatic rings. The highest BCUT2D eigenvalue weighted by molar-refractivity contribution is 5.04. The molecule has 0 bridgehead atoms. The highest BCUT2D eigenvalue weighted by Gasteiger charge is 1.93. The predicted octanol–water partition coefficient (Wildman–Crippen LogP) is 6.18. The molecule has 0 aliphatic heterocycles. The summed E-state index contributed by atoms with van der Waals surface area (Å²) in [4.78, 5) is 0. The van der Waals surface area contributed by atoms with Crippen LogP contribution >= 0.6 is 0 Å². The van der Waals surface area contributed by atoms with Gasteiger partial charge in [-0.1, -0.05) is 68.7 Å². The molecule has 0 aromatic carbocycles. The van der Waals surface area contributed by atoms with Gasteiger partial charge in [0.05, 0.1) is 0 Å². The van der Waals surface area contributed by atoms with Crippen molar-refractivity contribution in [2.75, 3.05) is 0 Å². The quantitative estimate of drug-likeness (QED) is 0.439. The number of hydrogen-bond donors (Lipinski definition) is 0. The number of hydrogen-bond acceptors (Lipinski definition) is 0. The maximum Gasteiger partial charge on any atom is -0.0142 e. The van der Waals surface area contributed by atoms with E-state index in [1.165, 1.54) is 77.0 Å². The van der Waals surface area contributed by atoms with Gasteiger partial charge in [0.25, 0.3) is 0 Å². The van der Waals surface area contributed by atoms with Gasteiger partial charge in [0.2, 0.25) is 0 Å². The average Bonchev–Trinajstić information content (AvgIpc) is 2.32. The van der Waals surface area contributed by atoms with Crippen molar-refractivity contribution >= 4 is 0 Å². The van der Waals surface area contributed by atoms with Crippen LogP contribution in [0.1, 0.15) is 84.0 Å². The van der Waals surface area contributed by atoms with Crippen LogP contribution in [0.4, 0.5) is 0 Å². The highest BCUT2D eigenvalue weighted by atomic mass is 14.0. The third-order valence-corrected chi connectivity index (χ3v) is 3.67. The molecule has 0 heteroatoms. The van der Waals surface area contributed by atoms with Gasteiger partial charge in [0.15, 0.2) is 0 Å². The molecule has 1 rings (SSSR count). The van der Waals surface area contributed by atoms with E-state index in [9.17, 15) is 0 Å². The normalized spacial score (nSPS) is 27.0. The number of rotatable bonds is 0. The smallest absolute Gasteiger partial charge is 0.0142 e. The molecular weight excluding hydrogens is 204 g/mol. The monoisotopic (exact) mass is 234 g/mol. The first-order chi connectivity index (χ1) is 8.39. The Morgan fingerprint density at radius 3 is 1.82 bits per heavy atom. The predicted molar refractivity (Wildman–Crippen MR) is 78.3 cm³/mol. The molecule has 0 aromatic heterocycles. The van der Waals surface area contributed by atoms with Crippen LogP contribution in [-0.4, -0.2) is 0 Å². The second-order valence-corrected chi connectivity index (χ2v) is 5.49. The van der Waals surface area contributed by atoms with Crippen molar-refractivity contribution in [1.29, 1.82) is 0 Å². The summed E-state index contributed by atoms with van der Waals surface area (Å²) >= 11 is 0. The maximum absolute atomic E-state index is 2.44. The van der Waals surface area contributed by atoms with Crippen LogP contribution in [0.25, 0.3) is 0 Å². The molecule has 0 heterocycles. The van der Waals surface area contributed by atoms with Gasteiger partial charge < -0.3 is 0 Å². The fraction of sp³-hybridized carbons (Fsp3) is 0.765. The molecule has 98 valence electrons. The Bertz CT molecular complexity index is 222. The summed E-state index contributed by atoms with van der Waals surface area (Å²) in [5, 5.41) is 0. The van der Waals surface area contributed by atoms with E-state index in [1.54, 1.807) is 5.57 Å². The van der Waals surface area contributed by atoms with Gasteiger partial charge in [0, 0.05) is 0 Å². The van der Waals surface area contributed by atoms with Crippen LogP contribution in [-0.2, 0) is 0 Å². The van der Waals surface area contributed by atoms with Crippen molar-refractivity contribution in [3.63, 3.8) is 0 Å². The van der Waals surface area contributed by atoms with Crippen LogP contribution in [0, 0.1) is 0 Å². The Kier molecular flexibility index (Phi) is 9.09. The van der Waals surface area contributed by atoms with E-state index in [-0.39, 0.29) is 0 Å². The Labute approximate surface area is 108 Å². The van der Waals surface area contributed by atoms with Gasteiger partial charge >= 0.3 is 0 Å². The minimum atomic E-state index is 1.17. The Hall–Kier alpha value is -0.520. The molecule has 0 saturated heterocycles. The molecule has 0 atom stereocenters. The van der Waals surface area contributed by atoms with E-state index >= 15 is 0 Å². The first kappa shape index (κ1) is 14.5. The zero-order valence-corrected chi connectivity index (χ0v) is 11.7. The fourth-order valence-corrected chi connectivity index (χ4v) is 2.46. The maximum atomic E-state index is 2.44. The van der Waals surface area contributed by atoms with Crippen LogP contribution in [0.5, 0.6) is 0 Å². The molecule has 0 amide bonds. The summed E-state index contributed by atoms with van der Waals surface area (Å²) in [7, 11) is 0. The van der Waals surface area contributed by atoms with E-state index < -0.39 is 0 Å². The van der Waals surface area contributed by atoms with Crippen molar-refractivity contribution in [2.45, 2.75) is 84.0 Å². The zero-order chi connectivity index (χ0) is 12.2. The lowest BCUT2D eigenvalue weighted by molar-refractivity contribution is 0.561. The summed E-state index contributed by atoms with van der Waals surface area (Å²) < 4.78 is 0. The van der Waals surface area contributed by atoms with Crippen molar-refractivity contribution < 1.29 is 0 Å². The Morgan fingerprint density at radius 1 is 0.647 bits per heavy atom. The van der Waals surface area contributed by atoms with Gasteiger partial charge in [-0.2, -0.15) is 0 Å². The Balaban J connectivity index is 2.25. The first-order valence-corrected chi connectivity index (χ1v) is 7.70. The summed E-state index contributed by atoms with van der Waals surface area (Å²) in [6.45, 7) is 2.27. The summed E-state index contributed by atoms with van der Waals surface area (Å²) in [5.74, 6) is 0. The van der Waals surface area contributed by atoms with Crippen molar-refractivity contribution in [1.82, 2.24) is 0 Å². The topological polar surface area (TPSA) is 0 Å². The first-order valence-electron chi connectivity index (χ1n) is 7.70. The standard InChI is InChI=1S/C17H30/c1-17-15-13-11-9-7-5-3-2-4-6-8-10-12-14-16-17/h11,13,16H,2-10,12,14-15H2,1H3/b13-11-,17-16+. The van der Waals surface area contributed by atoms with Gasteiger partial charge in [0.1, 0.15) is 0 Å². The highest BCUT2D eigenvalue weighted by Crippen LogP contribution is 2.13. The molecule has 0 aromatic rings. The van der Waals surface area contributed by atoms with Crippen LogP contribution in [0.3, 0.4) is 0 Å². The SMILES string of the molecule is C/C1=C\CCCCCCCCCCC/C=C\C1. The Morgan fingerprint density at radius 2 is 1.18 bits per heavy atom. The summed E-state index contributed by atoms with van der Waals surface area (Å²) in [6.07, 6.45) is 23.8. The molecule has 0 spiro atoms.